The number of rotatable bonds is 7. The number of benzene rings is 2. The van der Waals surface area contributed by atoms with Crippen LogP contribution in [0.1, 0.15) is 18.6 Å². The molecule has 2 aromatic rings. The summed E-state index contributed by atoms with van der Waals surface area (Å²) in [4.78, 5) is 11.9. The lowest BCUT2D eigenvalue weighted by molar-refractivity contribution is -0.113. The molecule has 0 radical (unpaired) electrons. The summed E-state index contributed by atoms with van der Waals surface area (Å²) >= 11 is 0. The van der Waals surface area contributed by atoms with Crippen molar-refractivity contribution in [2.24, 2.45) is 0 Å². The molecule has 0 aliphatic carbocycles. The molecule has 0 bridgehead atoms. The second kappa shape index (κ2) is 7.94. The van der Waals surface area contributed by atoms with Crippen molar-refractivity contribution < 1.29 is 17.9 Å². The number of ether oxygens (including phenoxy) is 1. The summed E-state index contributed by atoms with van der Waals surface area (Å²) in [6, 6.07) is 16.6. The third kappa shape index (κ3) is 5.07. The minimum Gasteiger partial charge on any atom is -0.484 e. The van der Waals surface area contributed by atoms with E-state index in [-0.39, 0.29) is 6.10 Å². The third-order valence-electron chi connectivity index (χ3n) is 3.37. The van der Waals surface area contributed by atoms with Crippen LogP contribution in [0.15, 0.2) is 54.6 Å². The smallest absolute Gasteiger partial charge is 0.241 e. The number of carbonyl (C=O) groups excluding carboxylic acids is 1. The van der Waals surface area contributed by atoms with E-state index in [1.165, 1.54) is 7.05 Å². The maximum Gasteiger partial charge on any atom is 0.241 e. The number of anilines is 1. The lowest BCUT2D eigenvalue weighted by Gasteiger charge is -2.18. The Balaban J connectivity index is 2.11. The molecule has 0 spiro atoms. The first-order chi connectivity index (χ1) is 11.4. The number of para-hydroxylation sites is 2. The Bertz CT molecular complexity index is 791. The van der Waals surface area contributed by atoms with Gasteiger partial charge in [0.1, 0.15) is 17.6 Å². The number of amides is 1. The van der Waals surface area contributed by atoms with Gasteiger partial charge in [0.25, 0.3) is 0 Å². The molecule has 1 atom stereocenters. The Morgan fingerprint density at radius 2 is 1.71 bits per heavy atom. The molecule has 0 unspecified atom stereocenters. The predicted molar refractivity (Wildman–Crippen MR) is 93.4 cm³/mol. The van der Waals surface area contributed by atoms with Crippen molar-refractivity contribution in [2.75, 3.05) is 18.1 Å². The van der Waals surface area contributed by atoms with Crippen LogP contribution in [0.3, 0.4) is 0 Å². The molecule has 0 aliphatic rings. The Morgan fingerprint density at radius 3 is 2.38 bits per heavy atom. The van der Waals surface area contributed by atoms with Gasteiger partial charge in [-0.1, -0.05) is 42.5 Å². The van der Waals surface area contributed by atoms with E-state index >= 15 is 0 Å². The molecule has 0 fully saturated rings. The molecule has 0 saturated carbocycles. The van der Waals surface area contributed by atoms with Gasteiger partial charge in [-0.05, 0) is 31.7 Å². The zero-order valence-corrected chi connectivity index (χ0v) is 14.3. The molecule has 0 saturated heterocycles. The van der Waals surface area contributed by atoms with Crippen molar-refractivity contribution in [1.82, 2.24) is 4.72 Å². The summed E-state index contributed by atoms with van der Waals surface area (Å²) < 4.78 is 30.9. The van der Waals surface area contributed by atoms with Crippen molar-refractivity contribution in [3.8, 4) is 5.75 Å². The van der Waals surface area contributed by atoms with Crippen LogP contribution in [0.25, 0.3) is 0 Å². The molecule has 1 amide bonds. The summed E-state index contributed by atoms with van der Waals surface area (Å²) in [6.07, 6.45) is -0.217. The van der Waals surface area contributed by atoms with Gasteiger partial charge in [-0.15, -0.1) is 0 Å². The average Bonchev–Trinajstić information content (AvgIpc) is 2.57. The summed E-state index contributed by atoms with van der Waals surface area (Å²) in [5.74, 6) is -0.802. The second-order valence-electron chi connectivity index (χ2n) is 5.18. The predicted octanol–water partition coefficient (Wildman–Crippen LogP) is 2.31. The van der Waals surface area contributed by atoms with Crippen LogP contribution >= 0.6 is 0 Å². The number of nitrogens with one attached hydrogen (secondary N) is 2. The van der Waals surface area contributed by atoms with Gasteiger partial charge in [-0.3, -0.25) is 4.79 Å². The van der Waals surface area contributed by atoms with E-state index in [2.05, 4.69) is 10.0 Å². The molecular formula is C17H20N2O4S. The van der Waals surface area contributed by atoms with E-state index < -0.39 is 21.7 Å². The molecular weight excluding hydrogens is 328 g/mol. The molecule has 2 aromatic carbocycles. The molecule has 2 rings (SSSR count). The molecule has 0 aliphatic heterocycles. The Labute approximate surface area is 141 Å². The third-order valence-corrected chi connectivity index (χ3v) is 4.63. The van der Waals surface area contributed by atoms with Gasteiger partial charge in [-0.25, -0.2) is 13.1 Å². The monoisotopic (exact) mass is 348 g/mol. The largest absolute Gasteiger partial charge is 0.484 e. The van der Waals surface area contributed by atoms with Gasteiger partial charge in [0.05, 0.1) is 5.69 Å². The van der Waals surface area contributed by atoms with Gasteiger partial charge in [0, 0.05) is 0 Å². The Kier molecular flexibility index (Phi) is 5.94. The van der Waals surface area contributed by atoms with E-state index in [1.54, 1.807) is 24.3 Å². The number of hydrogen-bond donors (Lipinski definition) is 2. The van der Waals surface area contributed by atoms with Crippen LogP contribution in [0, 0.1) is 0 Å². The molecule has 0 heterocycles. The summed E-state index contributed by atoms with van der Waals surface area (Å²) in [7, 11) is -2.36. The van der Waals surface area contributed by atoms with E-state index in [0.29, 0.717) is 11.4 Å². The summed E-state index contributed by atoms with van der Waals surface area (Å²) in [5, 5.41) is 2.57. The van der Waals surface area contributed by atoms with Crippen LogP contribution in [0.5, 0.6) is 5.75 Å². The first-order valence-corrected chi connectivity index (χ1v) is 9.08. The molecule has 2 N–H and O–H groups in total. The molecule has 24 heavy (non-hydrogen) atoms. The fourth-order valence-electron chi connectivity index (χ4n) is 2.09. The number of carbonyl (C=O) groups is 1. The van der Waals surface area contributed by atoms with E-state index in [9.17, 15) is 13.2 Å². The summed E-state index contributed by atoms with van der Waals surface area (Å²) in [5.41, 5.74) is 1.42. The van der Waals surface area contributed by atoms with E-state index in [0.717, 1.165) is 5.56 Å². The van der Waals surface area contributed by atoms with Gasteiger partial charge in [0.15, 0.2) is 0 Å². The summed E-state index contributed by atoms with van der Waals surface area (Å²) in [6.45, 7) is 1.90. The van der Waals surface area contributed by atoms with Crippen LogP contribution in [0.4, 0.5) is 5.69 Å². The Hall–Kier alpha value is -2.38. The maximum atomic E-state index is 11.9. The quantitative estimate of drug-likeness (QED) is 0.804. The number of sulfonamides is 1. The lowest BCUT2D eigenvalue weighted by atomic mass is 10.1. The van der Waals surface area contributed by atoms with Gasteiger partial charge < -0.3 is 10.1 Å². The Morgan fingerprint density at radius 1 is 1.08 bits per heavy atom. The van der Waals surface area contributed by atoms with Crippen LogP contribution in [0.2, 0.25) is 0 Å². The van der Waals surface area contributed by atoms with E-state index in [1.807, 2.05) is 37.3 Å². The van der Waals surface area contributed by atoms with Crippen molar-refractivity contribution in [2.45, 2.75) is 13.0 Å². The van der Waals surface area contributed by atoms with Crippen molar-refractivity contribution >= 4 is 21.6 Å². The highest BCUT2D eigenvalue weighted by Gasteiger charge is 2.16. The van der Waals surface area contributed by atoms with Gasteiger partial charge in [0.2, 0.25) is 15.9 Å². The first-order valence-electron chi connectivity index (χ1n) is 7.43. The minimum atomic E-state index is -3.62. The zero-order valence-electron chi connectivity index (χ0n) is 13.5. The van der Waals surface area contributed by atoms with Crippen LogP contribution < -0.4 is 14.8 Å². The SMILES string of the molecule is CNS(=O)(=O)CC(=O)Nc1ccccc1O[C@H](C)c1ccccc1. The lowest BCUT2D eigenvalue weighted by Crippen LogP contribution is -2.30. The normalized spacial score (nSPS) is 12.4. The zero-order chi connectivity index (χ0) is 17.6. The van der Waals surface area contributed by atoms with Gasteiger partial charge in [-0.2, -0.15) is 0 Å². The van der Waals surface area contributed by atoms with Crippen molar-refractivity contribution in [3.63, 3.8) is 0 Å². The molecule has 6 nitrogen and oxygen atoms in total. The van der Waals surface area contributed by atoms with Crippen LogP contribution in [-0.2, 0) is 14.8 Å². The standard InChI is InChI=1S/C17H20N2O4S/c1-13(14-8-4-3-5-9-14)23-16-11-7-6-10-15(16)19-17(20)12-24(21,22)18-2/h3-11,13,18H,12H2,1-2H3,(H,19,20)/t13-/m1/s1. The minimum absolute atomic E-state index is 0.217. The highest BCUT2D eigenvalue weighted by Crippen LogP contribution is 2.29. The number of hydrogen-bond acceptors (Lipinski definition) is 4. The van der Waals surface area contributed by atoms with Crippen LogP contribution in [-0.4, -0.2) is 27.1 Å². The molecule has 0 aromatic heterocycles. The molecule has 128 valence electrons. The highest BCUT2D eigenvalue weighted by molar-refractivity contribution is 7.90. The van der Waals surface area contributed by atoms with Crippen molar-refractivity contribution in [3.05, 3.63) is 60.2 Å². The maximum absolute atomic E-state index is 11.9. The second-order valence-corrected chi connectivity index (χ2v) is 7.10. The topological polar surface area (TPSA) is 84.5 Å². The fourth-order valence-corrected chi connectivity index (χ4v) is 2.65. The first kappa shape index (κ1) is 18.0. The van der Waals surface area contributed by atoms with Crippen molar-refractivity contribution in [1.29, 1.82) is 0 Å². The highest BCUT2D eigenvalue weighted by atomic mass is 32.2. The van der Waals surface area contributed by atoms with E-state index in [4.69, 9.17) is 4.74 Å². The average molecular weight is 348 g/mol. The molecule has 7 heteroatoms. The van der Waals surface area contributed by atoms with Gasteiger partial charge >= 0.3 is 0 Å². The fraction of sp³-hybridized carbons (Fsp3) is 0.235.